The SMILES string of the molecule is CC(O)(CCO)CCO.O=C(CO)[C@H](O)[C@@H](O)[C@H](O)CO. The summed E-state index contributed by atoms with van der Waals surface area (Å²) in [5.41, 5.74) is -0.899. The van der Waals surface area contributed by atoms with E-state index < -0.39 is 42.9 Å². The summed E-state index contributed by atoms with van der Waals surface area (Å²) in [6, 6.07) is 0. The lowest BCUT2D eigenvalue weighted by molar-refractivity contribution is -0.142. The number of carbonyl (C=O) groups is 1. The van der Waals surface area contributed by atoms with Crippen molar-refractivity contribution in [2.24, 2.45) is 0 Å². The zero-order chi connectivity index (χ0) is 17.1. The van der Waals surface area contributed by atoms with Gasteiger partial charge < -0.3 is 40.9 Å². The van der Waals surface area contributed by atoms with Crippen molar-refractivity contribution in [3.05, 3.63) is 0 Å². The van der Waals surface area contributed by atoms with Crippen LogP contribution in [0.2, 0.25) is 0 Å². The normalized spacial score (nSPS) is 15.7. The topological polar surface area (TPSA) is 179 Å². The molecule has 0 aliphatic rings. The molecule has 0 bridgehead atoms. The summed E-state index contributed by atoms with van der Waals surface area (Å²) in [5, 5.41) is 69.0. The fourth-order valence-electron chi connectivity index (χ4n) is 1.21. The van der Waals surface area contributed by atoms with Gasteiger partial charge >= 0.3 is 0 Å². The standard InChI is InChI=1S/C6H12O6.C6H14O3/c7-1-3(9)5(11)6(12)4(10)2-8;1-6(9,2-4-7)3-5-8/h3,5-9,11-12H,1-2H2;7-9H,2-5H2,1H3/t3-,5+,6+;/m1./s1. The van der Waals surface area contributed by atoms with Crippen LogP contribution in [0.3, 0.4) is 0 Å². The Hall–Kier alpha value is -0.650. The Kier molecular flexibility index (Phi) is 12.9. The molecule has 128 valence electrons. The van der Waals surface area contributed by atoms with Crippen LogP contribution in [0.1, 0.15) is 19.8 Å². The first-order valence-corrected chi connectivity index (χ1v) is 6.39. The summed E-state index contributed by atoms with van der Waals surface area (Å²) < 4.78 is 0. The van der Waals surface area contributed by atoms with E-state index in [0.29, 0.717) is 12.8 Å². The van der Waals surface area contributed by atoms with Gasteiger partial charge in [0, 0.05) is 13.2 Å². The highest BCUT2D eigenvalue weighted by Gasteiger charge is 2.28. The largest absolute Gasteiger partial charge is 0.396 e. The Morgan fingerprint density at radius 1 is 1.00 bits per heavy atom. The van der Waals surface area contributed by atoms with Gasteiger partial charge in [-0.3, -0.25) is 4.79 Å². The zero-order valence-corrected chi connectivity index (χ0v) is 12.0. The molecule has 0 spiro atoms. The molecule has 0 rings (SSSR count). The minimum absolute atomic E-state index is 0.0347. The molecule has 0 aromatic carbocycles. The summed E-state index contributed by atoms with van der Waals surface area (Å²) in [4.78, 5) is 10.5. The molecular weight excluding hydrogens is 288 g/mol. The third-order valence-corrected chi connectivity index (χ3v) is 2.69. The second-order valence-corrected chi connectivity index (χ2v) is 4.75. The van der Waals surface area contributed by atoms with E-state index in [9.17, 15) is 9.90 Å². The van der Waals surface area contributed by atoms with Crippen LogP contribution >= 0.6 is 0 Å². The van der Waals surface area contributed by atoms with Gasteiger partial charge in [0.15, 0.2) is 5.78 Å². The van der Waals surface area contributed by atoms with E-state index in [2.05, 4.69) is 0 Å². The third-order valence-electron chi connectivity index (χ3n) is 2.69. The van der Waals surface area contributed by atoms with Crippen molar-refractivity contribution in [1.29, 1.82) is 0 Å². The number of carbonyl (C=O) groups excluding carboxylic acids is 1. The third kappa shape index (κ3) is 10.7. The Morgan fingerprint density at radius 2 is 1.43 bits per heavy atom. The molecule has 0 aromatic heterocycles. The molecule has 0 saturated carbocycles. The molecule has 0 aromatic rings. The van der Waals surface area contributed by atoms with E-state index in [1.165, 1.54) is 0 Å². The lowest BCUT2D eigenvalue weighted by atomic mass is 10.00. The molecule has 0 unspecified atom stereocenters. The van der Waals surface area contributed by atoms with Crippen molar-refractivity contribution >= 4 is 5.78 Å². The number of hydrogen-bond donors (Lipinski definition) is 8. The van der Waals surface area contributed by atoms with Crippen LogP contribution in [-0.2, 0) is 4.79 Å². The van der Waals surface area contributed by atoms with Gasteiger partial charge in [-0.05, 0) is 19.8 Å². The van der Waals surface area contributed by atoms with E-state index in [-0.39, 0.29) is 13.2 Å². The van der Waals surface area contributed by atoms with Gasteiger partial charge in [-0.1, -0.05) is 0 Å². The maximum absolute atomic E-state index is 10.5. The van der Waals surface area contributed by atoms with Gasteiger partial charge in [0.2, 0.25) is 0 Å². The molecule has 0 saturated heterocycles. The first kappa shape index (κ1) is 22.6. The lowest BCUT2D eigenvalue weighted by Crippen LogP contribution is -2.44. The van der Waals surface area contributed by atoms with Crippen LogP contribution in [0, 0.1) is 0 Å². The van der Waals surface area contributed by atoms with E-state index in [4.69, 9.17) is 35.7 Å². The molecule has 0 aliphatic carbocycles. The van der Waals surface area contributed by atoms with Crippen LogP contribution in [-0.4, -0.2) is 97.0 Å². The van der Waals surface area contributed by atoms with Gasteiger partial charge in [0.25, 0.3) is 0 Å². The van der Waals surface area contributed by atoms with Crippen molar-refractivity contribution in [1.82, 2.24) is 0 Å². The Bertz CT molecular complexity index is 261. The first-order valence-electron chi connectivity index (χ1n) is 6.39. The van der Waals surface area contributed by atoms with Crippen LogP contribution in [0.15, 0.2) is 0 Å². The molecule has 0 heterocycles. The van der Waals surface area contributed by atoms with E-state index >= 15 is 0 Å². The summed E-state index contributed by atoms with van der Waals surface area (Å²) in [7, 11) is 0. The van der Waals surface area contributed by atoms with Gasteiger partial charge in [0.1, 0.15) is 24.9 Å². The molecule has 0 fully saturated rings. The smallest absolute Gasteiger partial charge is 0.189 e. The molecule has 8 N–H and O–H groups in total. The molecule has 9 nitrogen and oxygen atoms in total. The number of aliphatic hydroxyl groups excluding tert-OH is 7. The number of hydrogen-bond acceptors (Lipinski definition) is 9. The number of rotatable bonds is 9. The van der Waals surface area contributed by atoms with Crippen molar-refractivity contribution < 1.29 is 45.6 Å². The van der Waals surface area contributed by atoms with E-state index in [0.717, 1.165) is 0 Å². The fourth-order valence-corrected chi connectivity index (χ4v) is 1.21. The van der Waals surface area contributed by atoms with Crippen molar-refractivity contribution in [2.45, 2.75) is 43.7 Å². The highest BCUT2D eigenvalue weighted by Crippen LogP contribution is 2.11. The second kappa shape index (κ2) is 12.0. The second-order valence-electron chi connectivity index (χ2n) is 4.75. The van der Waals surface area contributed by atoms with Gasteiger partial charge in [-0.15, -0.1) is 0 Å². The Morgan fingerprint density at radius 3 is 1.71 bits per heavy atom. The first-order chi connectivity index (χ1) is 9.66. The minimum atomic E-state index is -1.86. The van der Waals surface area contributed by atoms with Crippen molar-refractivity contribution in [3.63, 3.8) is 0 Å². The predicted octanol–water partition coefficient (Wildman–Crippen LogP) is -3.87. The molecule has 0 radical (unpaired) electrons. The van der Waals surface area contributed by atoms with Gasteiger partial charge in [-0.2, -0.15) is 0 Å². The summed E-state index contributed by atoms with van der Waals surface area (Å²) >= 11 is 0. The number of ketones is 1. The van der Waals surface area contributed by atoms with Gasteiger partial charge in [-0.25, -0.2) is 0 Å². The fraction of sp³-hybridized carbons (Fsp3) is 0.917. The van der Waals surface area contributed by atoms with Crippen molar-refractivity contribution in [2.75, 3.05) is 26.4 Å². The summed E-state index contributed by atoms with van der Waals surface area (Å²) in [6.07, 6.45) is -4.57. The van der Waals surface area contributed by atoms with Crippen LogP contribution in [0.25, 0.3) is 0 Å². The minimum Gasteiger partial charge on any atom is -0.396 e. The number of aliphatic hydroxyl groups is 8. The summed E-state index contributed by atoms with van der Waals surface area (Å²) in [5.74, 6) is -1.00. The highest BCUT2D eigenvalue weighted by molar-refractivity contribution is 5.84. The molecule has 3 atom stereocenters. The summed E-state index contributed by atoms with van der Waals surface area (Å²) in [6.45, 7) is -0.160. The quantitative estimate of drug-likeness (QED) is 0.211. The Labute approximate surface area is 122 Å². The maximum Gasteiger partial charge on any atom is 0.189 e. The predicted molar refractivity (Wildman–Crippen MR) is 71.2 cm³/mol. The number of Topliss-reactive ketones (excluding diaryl/α,β-unsaturated/α-hetero) is 1. The lowest BCUT2D eigenvalue weighted by Gasteiger charge is -2.20. The van der Waals surface area contributed by atoms with E-state index in [1.54, 1.807) is 6.92 Å². The molecule has 9 heteroatoms. The van der Waals surface area contributed by atoms with Gasteiger partial charge in [0.05, 0.1) is 12.2 Å². The van der Waals surface area contributed by atoms with E-state index in [1.807, 2.05) is 0 Å². The Balaban J connectivity index is 0. The van der Waals surface area contributed by atoms with Crippen LogP contribution in [0.5, 0.6) is 0 Å². The molecule has 21 heavy (non-hydrogen) atoms. The molecule has 0 amide bonds. The zero-order valence-electron chi connectivity index (χ0n) is 12.0. The average Bonchev–Trinajstić information content (AvgIpc) is 2.44. The highest BCUT2D eigenvalue weighted by atomic mass is 16.4. The van der Waals surface area contributed by atoms with Crippen LogP contribution in [0.4, 0.5) is 0 Å². The molecule has 0 aliphatic heterocycles. The maximum atomic E-state index is 10.5. The van der Waals surface area contributed by atoms with Crippen LogP contribution < -0.4 is 0 Å². The molecular formula is C12H26O9. The monoisotopic (exact) mass is 314 g/mol. The average molecular weight is 314 g/mol. The van der Waals surface area contributed by atoms with Crippen molar-refractivity contribution in [3.8, 4) is 0 Å².